The Labute approximate surface area is 198 Å². The first-order valence-corrected chi connectivity index (χ1v) is 12.0. The number of aryl methyl sites for hydroxylation is 2. The van der Waals surface area contributed by atoms with Gasteiger partial charge in [-0.15, -0.1) is 0 Å². The third-order valence-corrected chi connectivity index (χ3v) is 7.29. The number of piperidine rings is 1. The van der Waals surface area contributed by atoms with Crippen LogP contribution in [-0.2, 0) is 32.0 Å². The van der Waals surface area contributed by atoms with Crippen LogP contribution in [0.25, 0.3) is 33.4 Å². The standard InChI is InChI=1S/C25H30N8O/c1-16(34)32-10-11-33-22(15-32)24(28-25(33)17-6-8-26-9-7-17)18-4-5-21-20(12-18)23(29-31(21)3)19-13-27-30(2)14-19/h4-5,12-14,17,26H,6-11,15H2,1-3H3. The van der Waals surface area contributed by atoms with Crippen LogP contribution in [0.5, 0.6) is 0 Å². The number of hydrogen-bond acceptors (Lipinski definition) is 5. The summed E-state index contributed by atoms with van der Waals surface area (Å²) in [6.45, 7) is 5.85. The first-order valence-electron chi connectivity index (χ1n) is 12.0. The smallest absolute Gasteiger partial charge is 0.219 e. The van der Waals surface area contributed by atoms with E-state index in [1.165, 1.54) is 5.82 Å². The summed E-state index contributed by atoms with van der Waals surface area (Å²) in [5, 5.41) is 13.7. The molecule has 0 atom stereocenters. The van der Waals surface area contributed by atoms with Gasteiger partial charge in [0, 0.05) is 62.7 Å². The lowest BCUT2D eigenvalue weighted by molar-refractivity contribution is -0.130. The summed E-state index contributed by atoms with van der Waals surface area (Å²) >= 11 is 0. The second-order valence-corrected chi connectivity index (χ2v) is 9.49. The number of carbonyl (C=O) groups excluding carboxylic acids is 1. The maximum Gasteiger partial charge on any atom is 0.219 e. The van der Waals surface area contributed by atoms with Crippen molar-refractivity contribution in [2.24, 2.45) is 14.1 Å². The Morgan fingerprint density at radius 1 is 1.09 bits per heavy atom. The topological polar surface area (TPSA) is 85.8 Å². The average molecular weight is 459 g/mol. The summed E-state index contributed by atoms with van der Waals surface area (Å²) in [6, 6.07) is 6.46. The van der Waals surface area contributed by atoms with Crippen molar-refractivity contribution in [3.8, 4) is 22.5 Å². The maximum absolute atomic E-state index is 12.2. The second kappa shape index (κ2) is 8.09. The van der Waals surface area contributed by atoms with Crippen molar-refractivity contribution in [3.05, 3.63) is 42.1 Å². The van der Waals surface area contributed by atoms with Crippen LogP contribution in [0.1, 0.15) is 37.2 Å². The Morgan fingerprint density at radius 3 is 2.65 bits per heavy atom. The lowest BCUT2D eigenvalue weighted by Crippen LogP contribution is -2.38. The summed E-state index contributed by atoms with van der Waals surface area (Å²) < 4.78 is 6.11. The number of nitrogens with one attached hydrogen (secondary N) is 1. The zero-order valence-electron chi connectivity index (χ0n) is 20.0. The third-order valence-electron chi connectivity index (χ3n) is 7.29. The van der Waals surface area contributed by atoms with E-state index in [2.05, 4.69) is 33.2 Å². The number of imidazole rings is 1. The van der Waals surface area contributed by atoms with Gasteiger partial charge < -0.3 is 14.8 Å². The molecule has 1 amide bonds. The van der Waals surface area contributed by atoms with E-state index in [1.54, 1.807) is 11.6 Å². The quantitative estimate of drug-likeness (QED) is 0.510. The van der Waals surface area contributed by atoms with Gasteiger partial charge in [0.1, 0.15) is 11.5 Å². The molecule has 1 N–H and O–H groups in total. The van der Waals surface area contributed by atoms with Crippen LogP contribution in [0.3, 0.4) is 0 Å². The molecule has 1 saturated heterocycles. The first-order chi connectivity index (χ1) is 16.5. The summed E-state index contributed by atoms with van der Waals surface area (Å²) in [7, 11) is 3.89. The van der Waals surface area contributed by atoms with Crippen molar-refractivity contribution in [2.45, 2.75) is 38.8 Å². The van der Waals surface area contributed by atoms with E-state index < -0.39 is 0 Å². The molecular formula is C25H30N8O. The van der Waals surface area contributed by atoms with Crippen LogP contribution in [0.2, 0.25) is 0 Å². The molecule has 2 aliphatic rings. The molecule has 1 fully saturated rings. The molecule has 0 unspecified atom stereocenters. The monoisotopic (exact) mass is 458 g/mol. The van der Waals surface area contributed by atoms with Crippen molar-refractivity contribution in [3.63, 3.8) is 0 Å². The van der Waals surface area contributed by atoms with E-state index in [-0.39, 0.29) is 5.91 Å². The van der Waals surface area contributed by atoms with E-state index in [1.807, 2.05) is 36.1 Å². The lowest BCUT2D eigenvalue weighted by Gasteiger charge is -2.30. The SMILES string of the molecule is CC(=O)N1CCn2c(C3CCNCC3)nc(-c3ccc4c(c3)c(-c3cnn(C)c3)nn4C)c2C1. The van der Waals surface area contributed by atoms with Crippen molar-refractivity contribution in [2.75, 3.05) is 19.6 Å². The molecule has 176 valence electrons. The molecule has 4 aromatic rings. The van der Waals surface area contributed by atoms with Gasteiger partial charge in [-0.3, -0.25) is 14.2 Å². The molecular weight excluding hydrogens is 428 g/mol. The number of benzene rings is 1. The second-order valence-electron chi connectivity index (χ2n) is 9.49. The van der Waals surface area contributed by atoms with Crippen molar-refractivity contribution < 1.29 is 4.79 Å². The highest BCUT2D eigenvalue weighted by molar-refractivity contribution is 5.95. The van der Waals surface area contributed by atoms with Crippen LogP contribution in [0.4, 0.5) is 0 Å². The summed E-state index contributed by atoms with van der Waals surface area (Å²) in [4.78, 5) is 19.4. The van der Waals surface area contributed by atoms with E-state index in [0.29, 0.717) is 12.5 Å². The number of amides is 1. The summed E-state index contributed by atoms with van der Waals surface area (Å²) in [5.74, 6) is 1.74. The minimum Gasteiger partial charge on any atom is -0.335 e. The molecule has 9 nitrogen and oxygen atoms in total. The molecule has 6 rings (SSSR count). The van der Waals surface area contributed by atoms with Crippen molar-refractivity contribution in [1.29, 1.82) is 0 Å². The van der Waals surface area contributed by atoms with E-state index in [0.717, 1.165) is 78.1 Å². The minimum atomic E-state index is 0.114. The fourth-order valence-corrected chi connectivity index (χ4v) is 5.46. The molecule has 0 saturated carbocycles. The predicted octanol–water partition coefficient (Wildman–Crippen LogP) is 2.67. The number of carbonyl (C=O) groups is 1. The Hall–Kier alpha value is -3.46. The van der Waals surface area contributed by atoms with Gasteiger partial charge in [-0.05, 0) is 38.1 Å². The molecule has 0 radical (unpaired) electrons. The highest BCUT2D eigenvalue weighted by Gasteiger charge is 2.30. The number of aromatic nitrogens is 6. The number of nitrogens with zero attached hydrogens (tertiary/aromatic N) is 7. The summed E-state index contributed by atoms with van der Waals surface area (Å²) in [6.07, 6.45) is 6.04. The summed E-state index contributed by atoms with van der Waals surface area (Å²) in [5.41, 5.74) is 6.18. The van der Waals surface area contributed by atoms with Crippen LogP contribution in [0.15, 0.2) is 30.6 Å². The molecule has 5 heterocycles. The number of fused-ring (bicyclic) bond motifs is 2. The highest BCUT2D eigenvalue weighted by Crippen LogP contribution is 2.36. The van der Waals surface area contributed by atoms with Crippen LogP contribution < -0.4 is 5.32 Å². The van der Waals surface area contributed by atoms with Crippen LogP contribution >= 0.6 is 0 Å². The molecule has 1 aromatic carbocycles. The number of hydrogen-bond donors (Lipinski definition) is 1. The van der Waals surface area contributed by atoms with Crippen molar-refractivity contribution >= 4 is 16.8 Å². The maximum atomic E-state index is 12.2. The van der Waals surface area contributed by atoms with E-state index in [4.69, 9.17) is 10.1 Å². The predicted molar refractivity (Wildman–Crippen MR) is 130 cm³/mol. The van der Waals surface area contributed by atoms with Crippen LogP contribution in [0, 0.1) is 0 Å². The van der Waals surface area contributed by atoms with Gasteiger partial charge in [0.2, 0.25) is 5.91 Å². The van der Waals surface area contributed by atoms with E-state index >= 15 is 0 Å². The van der Waals surface area contributed by atoms with Crippen molar-refractivity contribution in [1.82, 2.24) is 39.3 Å². The molecule has 2 aliphatic heterocycles. The Kier molecular flexibility index (Phi) is 5.02. The first kappa shape index (κ1) is 21.1. The Morgan fingerprint density at radius 2 is 1.91 bits per heavy atom. The average Bonchev–Trinajstić information content (AvgIpc) is 3.54. The Balaban J connectivity index is 1.50. The van der Waals surface area contributed by atoms with E-state index in [9.17, 15) is 4.79 Å². The third kappa shape index (κ3) is 3.42. The molecule has 3 aromatic heterocycles. The zero-order valence-corrected chi connectivity index (χ0v) is 20.0. The molecule has 0 bridgehead atoms. The van der Waals surface area contributed by atoms with Gasteiger partial charge >= 0.3 is 0 Å². The fourth-order valence-electron chi connectivity index (χ4n) is 5.46. The zero-order chi connectivity index (χ0) is 23.4. The minimum absolute atomic E-state index is 0.114. The van der Waals surface area contributed by atoms with Gasteiger partial charge in [0.15, 0.2) is 0 Å². The van der Waals surface area contributed by atoms with Gasteiger partial charge in [0.25, 0.3) is 0 Å². The number of rotatable bonds is 3. The lowest BCUT2D eigenvalue weighted by atomic mass is 9.97. The highest BCUT2D eigenvalue weighted by atomic mass is 16.2. The normalized spacial score (nSPS) is 16.9. The molecule has 0 spiro atoms. The molecule has 9 heteroatoms. The Bertz CT molecular complexity index is 1390. The molecule has 0 aliphatic carbocycles. The van der Waals surface area contributed by atoms with Gasteiger partial charge in [0.05, 0.1) is 29.6 Å². The fraction of sp³-hybridized carbons (Fsp3) is 0.440. The van der Waals surface area contributed by atoms with Gasteiger partial charge in [-0.25, -0.2) is 4.98 Å². The molecule has 34 heavy (non-hydrogen) atoms. The van der Waals surface area contributed by atoms with Gasteiger partial charge in [-0.2, -0.15) is 10.2 Å². The van der Waals surface area contributed by atoms with Gasteiger partial charge in [-0.1, -0.05) is 6.07 Å². The largest absolute Gasteiger partial charge is 0.335 e. The van der Waals surface area contributed by atoms with Crippen LogP contribution in [-0.4, -0.2) is 59.6 Å².